The van der Waals surface area contributed by atoms with E-state index in [2.05, 4.69) is 11.4 Å². The molecule has 0 saturated heterocycles. The van der Waals surface area contributed by atoms with E-state index in [1.165, 1.54) is 0 Å². The molecule has 1 aromatic carbocycles. The number of halogens is 1. The summed E-state index contributed by atoms with van der Waals surface area (Å²) in [6.07, 6.45) is -0.735. The predicted molar refractivity (Wildman–Crippen MR) is 78.5 cm³/mol. The standard InChI is InChI=1S/C15H19ClN2O2/c1-10(2)15(4,9-17)18-14(19)11(3)20-13-8-6-5-7-12(13)16/h5-8,10-11H,1-4H3,(H,18,19). The summed E-state index contributed by atoms with van der Waals surface area (Å²) in [5.41, 5.74) is -0.921. The molecular weight excluding hydrogens is 276 g/mol. The van der Waals surface area contributed by atoms with Crippen molar-refractivity contribution >= 4 is 17.5 Å². The minimum absolute atomic E-state index is 0.0102. The van der Waals surface area contributed by atoms with Crippen molar-refractivity contribution < 1.29 is 9.53 Å². The molecule has 5 heteroatoms. The van der Waals surface area contributed by atoms with Crippen molar-refractivity contribution in [1.29, 1.82) is 5.26 Å². The van der Waals surface area contributed by atoms with Crippen molar-refractivity contribution in [3.63, 3.8) is 0 Å². The van der Waals surface area contributed by atoms with Crippen LogP contribution in [0.2, 0.25) is 5.02 Å². The molecule has 1 aromatic rings. The molecule has 0 aliphatic rings. The van der Waals surface area contributed by atoms with Gasteiger partial charge in [-0.25, -0.2) is 0 Å². The Labute approximate surface area is 124 Å². The fraction of sp³-hybridized carbons (Fsp3) is 0.467. The van der Waals surface area contributed by atoms with Crippen LogP contribution in [-0.2, 0) is 4.79 Å². The number of rotatable bonds is 5. The molecule has 0 spiro atoms. The molecule has 0 bridgehead atoms. The Balaban J connectivity index is 2.74. The van der Waals surface area contributed by atoms with E-state index in [4.69, 9.17) is 16.3 Å². The van der Waals surface area contributed by atoms with Gasteiger partial charge >= 0.3 is 0 Å². The maximum absolute atomic E-state index is 12.1. The summed E-state index contributed by atoms with van der Waals surface area (Å²) >= 11 is 5.97. The van der Waals surface area contributed by atoms with Crippen molar-refractivity contribution in [2.24, 2.45) is 5.92 Å². The molecule has 1 N–H and O–H groups in total. The average Bonchev–Trinajstić information content (AvgIpc) is 2.40. The predicted octanol–water partition coefficient (Wildman–Crippen LogP) is 3.16. The van der Waals surface area contributed by atoms with Crippen LogP contribution in [0.3, 0.4) is 0 Å². The first-order chi connectivity index (χ1) is 9.30. The molecule has 20 heavy (non-hydrogen) atoms. The summed E-state index contributed by atoms with van der Waals surface area (Å²) < 4.78 is 5.52. The molecule has 4 nitrogen and oxygen atoms in total. The summed E-state index contributed by atoms with van der Waals surface area (Å²) in [7, 11) is 0. The van der Waals surface area contributed by atoms with Gasteiger partial charge in [0, 0.05) is 0 Å². The topological polar surface area (TPSA) is 62.1 Å². The van der Waals surface area contributed by atoms with Crippen LogP contribution in [0.25, 0.3) is 0 Å². The van der Waals surface area contributed by atoms with Crippen LogP contribution >= 0.6 is 11.6 Å². The second-order valence-electron chi connectivity index (χ2n) is 5.15. The minimum Gasteiger partial charge on any atom is -0.479 e. The van der Waals surface area contributed by atoms with Crippen LogP contribution in [0.1, 0.15) is 27.7 Å². The van der Waals surface area contributed by atoms with E-state index < -0.39 is 11.6 Å². The largest absolute Gasteiger partial charge is 0.479 e. The van der Waals surface area contributed by atoms with E-state index in [0.717, 1.165) is 0 Å². The smallest absolute Gasteiger partial charge is 0.262 e. The second-order valence-corrected chi connectivity index (χ2v) is 5.56. The molecule has 0 radical (unpaired) electrons. The molecule has 108 valence electrons. The lowest BCUT2D eigenvalue weighted by atomic mass is 9.90. The zero-order valence-electron chi connectivity index (χ0n) is 12.1. The lowest BCUT2D eigenvalue weighted by molar-refractivity contribution is -0.128. The number of nitrogens with one attached hydrogen (secondary N) is 1. The number of carbonyl (C=O) groups excluding carboxylic acids is 1. The number of nitriles is 1. The van der Waals surface area contributed by atoms with Gasteiger partial charge < -0.3 is 10.1 Å². The van der Waals surface area contributed by atoms with Crippen molar-refractivity contribution in [2.75, 3.05) is 0 Å². The van der Waals surface area contributed by atoms with E-state index in [1.54, 1.807) is 38.1 Å². The zero-order valence-corrected chi connectivity index (χ0v) is 12.9. The normalized spacial score (nSPS) is 15.1. The van der Waals surface area contributed by atoms with Crippen LogP contribution < -0.4 is 10.1 Å². The third-order valence-corrected chi connectivity index (χ3v) is 3.59. The van der Waals surface area contributed by atoms with Crippen LogP contribution in [0.5, 0.6) is 5.75 Å². The van der Waals surface area contributed by atoms with Crippen molar-refractivity contribution in [1.82, 2.24) is 5.32 Å². The Kier molecular flexibility index (Phi) is 5.41. The van der Waals surface area contributed by atoms with E-state index in [1.807, 2.05) is 13.8 Å². The lowest BCUT2D eigenvalue weighted by Gasteiger charge is -2.28. The van der Waals surface area contributed by atoms with Crippen molar-refractivity contribution in [3.8, 4) is 11.8 Å². The zero-order chi connectivity index (χ0) is 15.3. The molecule has 0 heterocycles. The van der Waals surface area contributed by atoms with E-state index >= 15 is 0 Å². The lowest BCUT2D eigenvalue weighted by Crippen LogP contribution is -2.52. The Hall–Kier alpha value is -1.73. The number of hydrogen-bond acceptors (Lipinski definition) is 3. The summed E-state index contributed by atoms with van der Waals surface area (Å²) in [6.45, 7) is 7.07. The molecule has 0 aliphatic heterocycles. The van der Waals surface area contributed by atoms with Gasteiger partial charge in [-0.05, 0) is 31.9 Å². The van der Waals surface area contributed by atoms with Crippen LogP contribution in [0, 0.1) is 17.2 Å². The molecule has 2 atom stereocenters. The monoisotopic (exact) mass is 294 g/mol. The molecule has 2 unspecified atom stereocenters. The number of carbonyl (C=O) groups is 1. The highest BCUT2D eigenvalue weighted by Gasteiger charge is 2.32. The Morgan fingerprint density at radius 2 is 2.00 bits per heavy atom. The highest BCUT2D eigenvalue weighted by molar-refractivity contribution is 6.32. The number of ether oxygens (including phenoxy) is 1. The van der Waals surface area contributed by atoms with Gasteiger partial charge in [-0.15, -0.1) is 0 Å². The molecule has 1 rings (SSSR count). The van der Waals surface area contributed by atoms with Gasteiger partial charge in [-0.1, -0.05) is 37.6 Å². The van der Waals surface area contributed by atoms with Gasteiger partial charge in [0.2, 0.25) is 0 Å². The highest BCUT2D eigenvalue weighted by Crippen LogP contribution is 2.24. The first-order valence-electron chi connectivity index (χ1n) is 6.44. The third-order valence-electron chi connectivity index (χ3n) is 3.28. The van der Waals surface area contributed by atoms with E-state index in [9.17, 15) is 10.1 Å². The van der Waals surface area contributed by atoms with Gasteiger partial charge in [0.1, 0.15) is 11.3 Å². The second kappa shape index (κ2) is 6.62. The summed E-state index contributed by atoms with van der Waals surface area (Å²) in [4.78, 5) is 12.1. The number of para-hydroxylation sites is 1. The van der Waals surface area contributed by atoms with Crippen molar-refractivity contribution in [2.45, 2.75) is 39.3 Å². The molecular formula is C15H19ClN2O2. The van der Waals surface area contributed by atoms with Gasteiger partial charge in [0.15, 0.2) is 6.10 Å². The van der Waals surface area contributed by atoms with Gasteiger partial charge in [-0.2, -0.15) is 5.26 Å². The number of nitrogens with zero attached hydrogens (tertiary/aromatic N) is 1. The number of benzene rings is 1. The highest BCUT2D eigenvalue weighted by atomic mass is 35.5. The summed E-state index contributed by atoms with van der Waals surface area (Å²) in [5, 5.41) is 12.4. The fourth-order valence-corrected chi connectivity index (χ4v) is 1.62. The fourth-order valence-electron chi connectivity index (χ4n) is 1.44. The Morgan fingerprint density at radius 1 is 1.40 bits per heavy atom. The van der Waals surface area contributed by atoms with E-state index in [-0.39, 0.29) is 11.8 Å². The SMILES string of the molecule is CC(Oc1ccccc1Cl)C(=O)NC(C)(C#N)C(C)C. The first kappa shape index (κ1) is 16.3. The van der Waals surface area contributed by atoms with Crippen LogP contribution in [0.4, 0.5) is 0 Å². The molecule has 0 saturated carbocycles. The summed E-state index contributed by atoms with van der Waals surface area (Å²) in [5.74, 6) is 0.0895. The van der Waals surface area contributed by atoms with Gasteiger partial charge in [0.25, 0.3) is 5.91 Å². The number of amides is 1. The van der Waals surface area contributed by atoms with Gasteiger partial charge in [-0.3, -0.25) is 4.79 Å². The molecule has 0 aromatic heterocycles. The molecule has 0 aliphatic carbocycles. The third kappa shape index (κ3) is 3.88. The first-order valence-corrected chi connectivity index (χ1v) is 6.82. The van der Waals surface area contributed by atoms with Crippen LogP contribution in [-0.4, -0.2) is 17.6 Å². The number of hydrogen-bond donors (Lipinski definition) is 1. The Morgan fingerprint density at radius 3 is 2.50 bits per heavy atom. The molecule has 0 fully saturated rings. The van der Waals surface area contributed by atoms with Crippen LogP contribution in [0.15, 0.2) is 24.3 Å². The average molecular weight is 295 g/mol. The van der Waals surface area contributed by atoms with Gasteiger partial charge in [0.05, 0.1) is 11.1 Å². The Bertz CT molecular complexity index is 525. The summed E-state index contributed by atoms with van der Waals surface area (Å²) in [6, 6.07) is 9.07. The quantitative estimate of drug-likeness (QED) is 0.907. The minimum atomic E-state index is -0.921. The maximum atomic E-state index is 12.1. The molecule has 1 amide bonds. The van der Waals surface area contributed by atoms with E-state index in [0.29, 0.717) is 10.8 Å². The maximum Gasteiger partial charge on any atom is 0.262 e. The van der Waals surface area contributed by atoms with Crippen molar-refractivity contribution in [3.05, 3.63) is 29.3 Å².